The lowest BCUT2D eigenvalue weighted by molar-refractivity contribution is 0.0806. The molecule has 1 N–H and O–H groups in total. The minimum Gasteiger partial charge on any atom is -0.391 e. The fraction of sp³-hybridized carbons (Fsp3) is 0.727. The lowest BCUT2D eigenvalue weighted by atomic mass is 10.2. The summed E-state index contributed by atoms with van der Waals surface area (Å²) in [6.07, 6.45) is 6.78. The maximum Gasteiger partial charge on any atom is 0.122 e. The molecule has 4 nitrogen and oxygen atoms in total. The number of imidazole rings is 1. The largest absolute Gasteiger partial charge is 0.391 e. The van der Waals surface area contributed by atoms with Crippen molar-refractivity contribution < 1.29 is 5.11 Å². The Morgan fingerprint density at radius 1 is 1.60 bits per heavy atom. The number of hydrogen-bond donors (Lipinski definition) is 1. The number of aliphatic hydroxyl groups is 1. The van der Waals surface area contributed by atoms with Crippen LogP contribution in [0.2, 0.25) is 0 Å². The van der Waals surface area contributed by atoms with Gasteiger partial charge < -0.3 is 9.67 Å². The molecule has 1 heterocycles. The second kappa shape index (κ2) is 4.33. The third-order valence-corrected chi connectivity index (χ3v) is 3.32. The van der Waals surface area contributed by atoms with Gasteiger partial charge in [0.15, 0.2) is 0 Å². The van der Waals surface area contributed by atoms with E-state index in [1.165, 1.54) is 0 Å². The van der Waals surface area contributed by atoms with Crippen LogP contribution in [0.1, 0.15) is 25.1 Å². The minimum absolute atomic E-state index is 0.157. The van der Waals surface area contributed by atoms with E-state index in [-0.39, 0.29) is 6.10 Å². The molecule has 1 aliphatic rings. The van der Waals surface area contributed by atoms with E-state index in [1.54, 1.807) is 0 Å². The number of aromatic nitrogens is 2. The van der Waals surface area contributed by atoms with Gasteiger partial charge >= 0.3 is 0 Å². The highest BCUT2D eigenvalue weighted by Crippen LogP contribution is 2.23. The third kappa shape index (κ3) is 2.21. The summed E-state index contributed by atoms with van der Waals surface area (Å²) in [7, 11) is 4.06. The second-order valence-electron chi connectivity index (χ2n) is 4.44. The molecule has 1 saturated carbocycles. The van der Waals surface area contributed by atoms with Gasteiger partial charge in [-0.3, -0.25) is 4.90 Å². The van der Waals surface area contributed by atoms with Crippen LogP contribution in [0.3, 0.4) is 0 Å². The first kappa shape index (κ1) is 10.6. The normalized spacial score (nSPS) is 26.4. The van der Waals surface area contributed by atoms with Crippen LogP contribution in [0, 0.1) is 0 Å². The zero-order valence-corrected chi connectivity index (χ0v) is 9.43. The molecule has 0 bridgehead atoms. The Bertz CT molecular complexity index is 323. The van der Waals surface area contributed by atoms with Crippen molar-refractivity contribution in [1.29, 1.82) is 0 Å². The van der Waals surface area contributed by atoms with Crippen LogP contribution < -0.4 is 0 Å². The molecular weight excluding hydrogens is 190 g/mol. The first-order valence-electron chi connectivity index (χ1n) is 5.53. The topological polar surface area (TPSA) is 41.3 Å². The molecule has 1 aromatic heterocycles. The molecule has 0 spiro atoms. The lowest BCUT2D eigenvalue weighted by Crippen LogP contribution is -2.37. The molecule has 84 valence electrons. The van der Waals surface area contributed by atoms with Crippen molar-refractivity contribution in [1.82, 2.24) is 14.5 Å². The molecule has 2 atom stereocenters. The number of rotatable bonds is 3. The van der Waals surface area contributed by atoms with Crippen molar-refractivity contribution in [2.75, 3.05) is 7.05 Å². The fourth-order valence-corrected chi connectivity index (χ4v) is 2.32. The highest BCUT2D eigenvalue weighted by atomic mass is 16.3. The minimum atomic E-state index is -0.157. The van der Waals surface area contributed by atoms with Crippen LogP contribution in [-0.2, 0) is 13.6 Å². The van der Waals surface area contributed by atoms with Crippen LogP contribution in [-0.4, -0.2) is 38.8 Å². The van der Waals surface area contributed by atoms with Gasteiger partial charge in [-0.25, -0.2) is 4.98 Å². The summed E-state index contributed by atoms with van der Waals surface area (Å²) in [6.45, 7) is 0.811. The number of likely N-dealkylation sites (N-methyl/N-ethyl adjacent to an activating group) is 1. The monoisotopic (exact) mass is 209 g/mol. The van der Waals surface area contributed by atoms with Crippen molar-refractivity contribution in [2.24, 2.45) is 7.05 Å². The van der Waals surface area contributed by atoms with E-state index >= 15 is 0 Å². The Morgan fingerprint density at radius 3 is 2.93 bits per heavy atom. The average Bonchev–Trinajstić information content (AvgIpc) is 2.76. The second-order valence-corrected chi connectivity index (χ2v) is 4.44. The highest BCUT2D eigenvalue weighted by Gasteiger charge is 2.28. The smallest absolute Gasteiger partial charge is 0.122 e. The predicted octanol–water partition coefficient (Wildman–Crippen LogP) is 0.765. The van der Waals surface area contributed by atoms with Gasteiger partial charge in [0.05, 0.1) is 12.6 Å². The van der Waals surface area contributed by atoms with Crippen molar-refractivity contribution in [3.05, 3.63) is 18.2 Å². The molecule has 2 rings (SSSR count). The van der Waals surface area contributed by atoms with E-state index in [9.17, 15) is 5.11 Å². The maximum absolute atomic E-state index is 9.79. The summed E-state index contributed by atoms with van der Waals surface area (Å²) in [5.41, 5.74) is 0. The summed E-state index contributed by atoms with van der Waals surface area (Å²) < 4.78 is 2.03. The molecule has 1 aliphatic carbocycles. The van der Waals surface area contributed by atoms with Gasteiger partial charge in [0.1, 0.15) is 5.82 Å². The fourth-order valence-electron chi connectivity index (χ4n) is 2.32. The molecule has 0 saturated heterocycles. The van der Waals surface area contributed by atoms with E-state index in [0.29, 0.717) is 6.04 Å². The zero-order valence-electron chi connectivity index (χ0n) is 9.43. The highest BCUT2D eigenvalue weighted by molar-refractivity contribution is 4.93. The molecule has 0 aromatic carbocycles. The van der Waals surface area contributed by atoms with Crippen molar-refractivity contribution >= 4 is 0 Å². The number of nitrogens with zero attached hydrogens (tertiary/aromatic N) is 3. The molecule has 4 heteroatoms. The van der Waals surface area contributed by atoms with Crippen LogP contribution in [0.5, 0.6) is 0 Å². The van der Waals surface area contributed by atoms with Gasteiger partial charge in [-0.2, -0.15) is 0 Å². The molecule has 0 aliphatic heterocycles. The Morgan fingerprint density at radius 2 is 2.40 bits per heavy atom. The van der Waals surface area contributed by atoms with Gasteiger partial charge in [0.25, 0.3) is 0 Å². The standard InChI is InChI=1S/C11H19N3O/c1-13-7-6-12-11(13)8-14(2)9-4-3-5-10(9)15/h6-7,9-10,15H,3-5,8H2,1-2H3/t9-,10-/m0/s1. The van der Waals surface area contributed by atoms with Gasteiger partial charge in [-0.05, 0) is 26.3 Å². The molecule has 0 radical (unpaired) electrons. The third-order valence-electron chi connectivity index (χ3n) is 3.32. The van der Waals surface area contributed by atoms with E-state index < -0.39 is 0 Å². The van der Waals surface area contributed by atoms with Gasteiger partial charge in [-0.1, -0.05) is 0 Å². The van der Waals surface area contributed by atoms with Crippen LogP contribution in [0.15, 0.2) is 12.4 Å². The van der Waals surface area contributed by atoms with E-state index in [1.807, 2.05) is 24.0 Å². The Hall–Kier alpha value is -0.870. The quantitative estimate of drug-likeness (QED) is 0.799. The van der Waals surface area contributed by atoms with Crippen molar-refractivity contribution in [3.63, 3.8) is 0 Å². The maximum atomic E-state index is 9.79. The van der Waals surface area contributed by atoms with E-state index in [2.05, 4.69) is 16.9 Å². The summed E-state index contributed by atoms with van der Waals surface area (Å²) in [4.78, 5) is 6.50. The Labute approximate surface area is 90.5 Å². The first-order chi connectivity index (χ1) is 7.18. The summed E-state index contributed by atoms with van der Waals surface area (Å²) in [5, 5.41) is 9.79. The molecular formula is C11H19N3O. The number of hydrogen-bond acceptors (Lipinski definition) is 3. The van der Waals surface area contributed by atoms with E-state index in [4.69, 9.17) is 0 Å². The number of aryl methyl sites for hydroxylation is 1. The lowest BCUT2D eigenvalue weighted by Gasteiger charge is -2.26. The molecule has 0 unspecified atom stereocenters. The Kier molecular flexibility index (Phi) is 3.07. The van der Waals surface area contributed by atoms with Crippen LogP contribution in [0.4, 0.5) is 0 Å². The predicted molar refractivity (Wildman–Crippen MR) is 58.3 cm³/mol. The molecule has 1 aromatic rings. The van der Waals surface area contributed by atoms with E-state index in [0.717, 1.165) is 31.6 Å². The van der Waals surface area contributed by atoms with Crippen molar-refractivity contribution in [2.45, 2.75) is 38.0 Å². The summed E-state index contributed by atoms with van der Waals surface area (Å²) in [6, 6.07) is 0.307. The molecule has 1 fully saturated rings. The first-order valence-corrected chi connectivity index (χ1v) is 5.53. The average molecular weight is 209 g/mol. The summed E-state index contributed by atoms with van der Waals surface area (Å²) >= 11 is 0. The van der Waals surface area contributed by atoms with Crippen LogP contribution in [0.25, 0.3) is 0 Å². The Balaban J connectivity index is 1.97. The van der Waals surface area contributed by atoms with Gasteiger partial charge in [-0.15, -0.1) is 0 Å². The van der Waals surface area contributed by atoms with Gasteiger partial charge in [0, 0.05) is 25.5 Å². The van der Waals surface area contributed by atoms with Gasteiger partial charge in [0.2, 0.25) is 0 Å². The SMILES string of the molecule is CN(Cc1nccn1C)[C@H]1CCC[C@@H]1O. The number of aliphatic hydroxyl groups excluding tert-OH is 1. The zero-order chi connectivity index (χ0) is 10.8. The summed E-state index contributed by atoms with van der Waals surface area (Å²) in [5.74, 6) is 1.05. The molecule has 0 amide bonds. The van der Waals surface area contributed by atoms with Crippen LogP contribution >= 0.6 is 0 Å². The van der Waals surface area contributed by atoms with Crippen molar-refractivity contribution in [3.8, 4) is 0 Å². The molecule has 15 heavy (non-hydrogen) atoms.